The van der Waals surface area contributed by atoms with Crippen molar-refractivity contribution in [1.29, 1.82) is 0 Å². The summed E-state index contributed by atoms with van der Waals surface area (Å²) in [5, 5.41) is 0.491. The molecule has 3 N–H and O–H groups in total. The Labute approximate surface area is 185 Å². The molecular formula is C22H20ClN3O4S. The third-order valence-corrected chi connectivity index (χ3v) is 5.90. The van der Waals surface area contributed by atoms with Crippen LogP contribution in [0.5, 0.6) is 5.75 Å². The van der Waals surface area contributed by atoms with Gasteiger partial charge in [-0.2, -0.15) is 0 Å². The van der Waals surface area contributed by atoms with Gasteiger partial charge in [-0.25, -0.2) is 8.42 Å². The molecule has 160 valence electrons. The highest BCUT2D eigenvalue weighted by molar-refractivity contribution is 7.92. The Kier molecular flexibility index (Phi) is 6.84. The highest BCUT2D eigenvalue weighted by Crippen LogP contribution is 2.19. The number of rotatable bonds is 8. The van der Waals surface area contributed by atoms with E-state index in [4.69, 9.17) is 16.3 Å². The van der Waals surface area contributed by atoms with Crippen LogP contribution in [-0.2, 0) is 10.0 Å². The van der Waals surface area contributed by atoms with Crippen LogP contribution in [0.4, 0.5) is 5.69 Å². The van der Waals surface area contributed by atoms with Crippen LogP contribution < -0.4 is 20.3 Å². The van der Waals surface area contributed by atoms with E-state index < -0.39 is 15.9 Å². The molecule has 0 fully saturated rings. The normalized spacial score (nSPS) is 10.8. The lowest BCUT2D eigenvalue weighted by Gasteiger charge is -2.13. The third-order valence-electron chi connectivity index (χ3n) is 4.27. The molecule has 0 saturated heterocycles. The van der Waals surface area contributed by atoms with Gasteiger partial charge in [-0.15, -0.1) is 0 Å². The number of benzene rings is 3. The fraction of sp³-hybridized carbons (Fsp3) is 0.0455. The van der Waals surface area contributed by atoms with Gasteiger partial charge >= 0.3 is 0 Å². The molecule has 3 aromatic carbocycles. The average Bonchev–Trinajstić information content (AvgIpc) is 2.78. The Bertz CT molecular complexity index is 1190. The number of hydrazine groups is 1. The Hall–Kier alpha value is -3.49. The first-order valence-corrected chi connectivity index (χ1v) is 10.9. The molecule has 0 aromatic heterocycles. The van der Waals surface area contributed by atoms with E-state index in [0.29, 0.717) is 22.2 Å². The van der Waals surface area contributed by atoms with Crippen LogP contribution in [0.15, 0.2) is 84.3 Å². The summed E-state index contributed by atoms with van der Waals surface area (Å²) < 4.78 is 32.9. The second-order valence-corrected chi connectivity index (χ2v) is 8.55. The van der Waals surface area contributed by atoms with Gasteiger partial charge in [-0.05, 0) is 72.3 Å². The van der Waals surface area contributed by atoms with Crippen molar-refractivity contribution < 1.29 is 17.9 Å². The number of carbonyl (C=O) groups is 1. The van der Waals surface area contributed by atoms with E-state index in [0.717, 1.165) is 5.56 Å². The number of amides is 1. The van der Waals surface area contributed by atoms with Crippen molar-refractivity contribution in [3.8, 4) is 5.75 Å². The van der Waals surface area contributed by atoms with Crippen molar-refractivity contribution in [1.82, 2.24) is 10.9 Å². The summed E-state index contributed by atoms with van der Waals surface area (Å²) in [7, 11) is -2.31. The maximum atomic E-state index is 12.6. The molecule has 3 aromatic rings. The first-order valence-electron chi connectivity index (χ1n) is 9.06. The molecule has 0 heterocycles. The number of ether oxygens (including phenoxy) is 1. The summed E-state index contributed by atoms with van der Waals surface area (Å²) in [6, 6.07) is 19.0. The SMILES string of the molecule is C=C(NNC(=O)c1cccc(S(=O)(=O)Nc2ccc(Cl)cc2)c1)c1ccc(OC)cc1. The van der Waals surface area contributed by atoms with Gasteiger partial charge < -0.3 is 4.74 Å². The smallest absolute Gasteiger partial charge is 0.269 e. The van der Waals surface area contributed by atoms with Crippen molar-refractivity contribution in [3.63, 3.8) is 0 Å². The number of sulfonamides is 1. The number of hydrogen-bond donors (Lipinski definition) is 3. The molecule has 9 heteroatoms. The summed E-state index contributed by atoms with van der Waals surface area (Å²) in [6.45, 7) is 3.87. The summed E-state index contributed by atoms with van der Waals surface area (Å²) in [5.74, 6) is 0.184. The van der Waals surface area contributed by atoms with Crippen LogP contribution >= 0.6 is 11.6 Å². The van der Waals surface area contributed by atoms with Crippen molar-refractivity contribution in [2.24, 2.45) is 0 Å². The minimum atomic E-state index is -3.89. The van der Waals surface area contributed by atoms with Gasteiger partial charge in [0.15, 0.2) is 0 Å². The maximum Gasteiger partial charge on any atom is 0.269 e. The second kappa shape index (κ2) is 9.55. The van der Waals surface area contributed by atoms with Crippen molar-refractivity contribution >= 4 is 38.9 Å². The summed E-state index contributed by atoms with van der Waals surface area (Å²) in [5.41, 5.74) is 6.97. The van der Waals surface area contributed by atoms with Crippen LogP contribution in [0.1, 0.15) is 15.9 Å². The van der Waals surface area contributed by atoms with Gasteiger partial charge in [0.25, 0.3) is 15.9 Å². The monoisotopic (exact) mass is 457 g/mol. The Morgan fingerprint density at radius 1 is 0.935 bits per heavy atom. The fourth-order valence-corrected chi connectivity index (χ4v) is 3.84. The summed E-state index contributed by atoms with van der Waals surface area (Å²) in [6.07, 6.45) is 0. The van der Waals surface area contributed by atoms with Crippen LogP contribution in [0, 0.1) is 0 Å². The highest BCUT2D eigenvalue weighted by atomic mass is 35.5. The largest absolute Gasteiger partial charge is 0.497 e. The minimum Gasteiger partial charge on any atom is -0.497 e. The van der Waals surface area contributed by atoms with Crippen LogP contribution in [0.3, 0.4) is 0 Å². The number of methoxy groups -OCH3 is 1. The van der Waals surface area contributed by atoms with E-state index in [1.807, 2.05) is 0 Å². The topological polar surface area (TPSA) is 96.5 Å². The lowest BCUT2D eigenvalue weighted by Crippen LogP contribution is -2.35. The molecule has 0 aliphatic heterocycles. The molecule has 3 rings (SSSR count). The zero-order valence-electron chi connectivity index (χ0n) is 16.6. The van der Waals surface area contributed by atoms with Crippen molar-refractivity contribution in [2.75, 3.05) is 11.8 Å². The molecule has 1 amide bonds. The molecule has 0 aliphatic carbocycles. The number of hydrogen-bond acceptors (Lipinski definition) is 5. The molecule has 0 spiro atoms. The van der Waals surface area contributed by atoms with Gasteiger partial charge in [-0.1, -0.05) is 24.2 Å². The number of anilines is 1. The van der Waals surface area contributed by atoms with E-state index in [1.54, 1.807) is 55.6 Å². The van der Waals surface area contributed by atoms with Gasteiger partial charge in [0.2, 0.25) is 0 Å². The first-order chi connectivity index (χ1) is 14.8. The lowest BCUT2D eigenvalue weighted by molar-refractivity contribution is 0.0942. The number of halogens is 1. The van der Waals surface area contributed by atoms with E-state index in [9.17, 15) is 13.2 Å². The van der Waals surface area contributed by atoms with Crippen molar-refractivity contribution in [2.45, 2.75) is 4.90 Å². The van der Waals surface area contributed by atoms with Gasteiger partial charge in [0, 0.05) is 16.3 Å². The standard InChI is InChI=1S/C22H20ClN3O4S/c1-15(16-6-12-20(30-2)13-7-16)24-25-22(27)17-4-3-5-21(14-17)31(28,29)26-19-10-8-18(23)9-11-19/h3-14,24,26H,1H2,2H3,(H,25,27). The molecule has 0 atom stereocenters. The fourth-order valence-electron chi connectivity index (χ4n) is 2.61. The Morgan fingerprint density at radius 2 is 1.61 bits per heavy atom. The van der Waals surface area contributed by atoms with Crippen LogP contribution in [0.25, 0.3) is 5.70 Å². The first kappa shape index (κ1) is 22.2. The zero-order chi connectivity index (χ0) is 22.4. The van der Waals surface area contributed by atoms with Gasteiger partial charge in [-0.3, -0.25) is 20.4 Å². The van der Waals surface area contributed by atoms with Crippen LogP contribution in [0.2, 0.25) is 5.02 Å². The second-order valence-electron chi connectivity index (χ2n) is 6.43. The predicted molar refractivity (Wildman–Crippen MR) is 121 cm³/mol. The summed E-state index contributed by atoms with van der Waals surface area (Å²) in [4.78, 5) is 12.4. The number of carbonyl (C=O) groups excluding carboxylic acids is 1. The molecular weight excluding hydrogens is 438 g/mol. The highest BCUT2D eigenvalue weighted by Gasteiger charge is 2.17. The molecule has 0 aliphatic rings. The molecule has 0 radical (unpaired) electrons. The van der Waals surface area contributed by atoms with E-state index in [2.05, 4.69) is 22.2 Å². The third kappa shape index (κ3) is 5.78. The van der Waals surface area contributed by atoms with Crippen molar-refractivity contribution in [3.05, 3.63) is 95.5 Å². The Morgan fingerprint density at radius 3 is 2.26 bits per heavy atom. The summed E-state index contributed by atoms with van der Waals surface area (Å²) >= 11 is 5.82. The van der Waals surface area contributed by atoms with E-state index >= 15 is 0 Å². The van der Waals surface area contributed by atoms with Crippen LogP contribution in [-0.4, -0.2) is 21.4 Å². The van der Waals surface area contributed by atoms with E-state index in [1.165, 1.54) is 24.3 Å². The zero-order valence-corrected chi connectivity index (χ0v) is 18.1. The van der Waals surface area contributed by atoms with Gasteiger partial charge in [0.05, 0.1) is 17.7 Å². The predicted octanol–water partition coefficient (Wildman–Crippen LogP) is 4.05. The quantitative estimate of drug-likeness (QED) is 0.443. The molecule has 0 unspecified atom stereocenters. The minimum absolute atomic E-state index is 0.0518. The molecule has 0 saturated carbocycles. The molecule has 7 nitrogen and oxygen atoms in total. The lowest BCUT2D eigenvalue weighted by atomic mass is 10.2. The van der Waals surface area contributed by atoms with Gasteiger partial charge in [0.1, 0.15) is 5.75 Å². The molecule has 31 heavy (non-hydrogen) atoms. The average molecular weight is 458 g/mol. The molecule has 0 bridgehead atoms. The maximum absolute atomic E-state index is 12.6. The number of nitrogens with one attached hydrogen (secondary N) is 3. The van der Waals surface area contributed by atoms with E-state index in [-0.39, 0.29) is 10.5 Å². The Balaban J connectivity index is 1.67.